The highest BCUT2D eigenvalue weighted by Crippen LogP contribution is 2.36. The summed E-state index contributed by atoms with van der Waals surface area (Å²) in [5.74, 6) is -0.124. The van der Waals surface area contributed by atoms with Crippen molar-refractivity contribution in [2.75, 3.05) is 33.3 Å². The van der Waals surface area contributed by atoms with Gasteiger partial charge in [0.15, 0.2) is 18.1 Å². The van der Waals surface area contributed by atoms with E-state index in [1.165, 1.54) is 33.5 Å². The van der Waals surface area contributed by atoms with Crippen LogP contribution in [0.2, 0.25) is 5.02 Å². The Morgan fingerprint density at radius 1 is 1.00 bits per heavy atom. The number of methoxy groups -OCH3 is 3. The Hall–Kier alpha value is -2.93. The first-order valence-electron chi connectivity index (χ1n) is 7.92. The Balaban J connectivity index is 2.04. The number of halogens is 1. The predicted molar refractivity (Wildman–Crippen MR) is 101 cm³/mol. The van der Waals surface area contributed by atoms with Gasteiger partial charge in [0.25, 0.3) is 5.91 Å². The maximum absolute atomic E-state index is 12.2. The van der Waals surface area contributed by atoms with Gasteiger partial charge >= 0.3 is 5.97 Å². The fourth-order valence-corrected chi connectivity index (χ4v) is 2.64. The Morgan fingerprint density at radius 2 is 1.70 bits per heavy atom. The minimum atomic E-state index is -0.718. The van der Waals surface area contributed by atoms with Crippen LogP contribution in [0.1, 0.15) is 15.9 Å². The van der Waals surface area contributed by atoms with Crippen LogP contribution in [0, 0.1) is 6.92 Å². The number of ether oxygens (including phenoxy) is 4. The van der Waals surface area contributed by atoms with Crippen LogP contribution in [0.3, 0.4) is 0 Å². The zero-order valence-electron chi connectivity index (χ0n) is 15.4. The quantitative estimate of drug-likeness (QED) is 0.725. The Kier molecular flexibility index (Phi) is 6.90. The van der Waals surface area contributed by atoms with Gasteiger partial charge in [0.05, 0.1) is 37.6 Å². The van der Waals surface area contributed by atoms with Crippen LogP contribution in [-0.2, 0) is 9.53 Å². The SMILES string of the molecule is COc1ccc(C)cc1NC(=O)COC(=O)c1cc(Cl)c(OC)c(OC)c1. The average molecular weight is 394 g/mol. The molecule has 0 atom stereocenters. The summed E-state index contributed by atoms with van der Waals surface area (Å²) in [4.78, 5) is 24.3. The number of esters is 1. The number of carbonyl (C=O) groups excluding carboxylic acids is 2. The molecule has 0 aliphatic carbocycles. The number of hydrogen-bond acceptors (Lipinski definition) is 6. The molecular weight excluding hydrogens is 374 g/mol. The number of rotatable bonds is 7. The molecule has 1 N–H and O–H groups in total. The highest BCUT2D eigenvalue weighted by molar-refractivity contribution is 6.32. The van der Waals surface area contributed by atoms with Gasteiger partial charge in [-0.15, -0.1) is 0 Å². The van der Waals surface area contributed by atoms with Gasteiger partial charge in [0.1, 0.15) is 5.75 Å². The lowest BCUT2D eigenvalue weighted by Gasteiger charge is -2.12. The molecule has 0 spiro atoms. The zero-order chi connectivity index (χ0) is 20.0. The zero-order valence-corrected chi connectivity index (χ0v) is 16.2. The second-order valence-corrected chi connectivity index (χ2v) is 5.93. The second-order valence-electron chi connectivity index (χ2n) is 5.52. The van der Waals surface area contributed by atoms with Crippen LogP contribution >= 0.6 is 11.6 Å². The third-order valence-electron chi connectivity index (χ3n) is 3.63. The standard InChI is InChI=1S/C19H20ClNO6/c1-11-5-6-15(24-2)14(7-11)21-17(22)10-27-19(23)12-8-13(20)18(26-4)16(9-12)25-3/h5-9H,10H2,1-4H3,(H,21,22). The minimum absolute atomic E-state index is 0.138. The summed E-state index contributed by atoms with van der Waals surface area (Å²) in [6.07, 6.45) is 0. The molecule has 7 nitrogen and oxygen atoms in total. The molecule has 0 bridgehead atoms. The van der Waals surface area contributed by atoms with Crippen molar-refractivity contribution >= 4 is 29.2 Å². The highest BCUT2D eigenvalue weighted by Gasteiger charge is 2.17. The molecule has 0 aliphatic rings. The van der Waals surface area contributed by atoms with Crippen LogP contribution < -0.4 is 19.5 Å². The molecule has 2 rings (SSSR count). The first kappa shape index (κ1) is 20.4. The van der Waals surface area contributed by atoms with Gasteiger partial charge in [-0.1, -0.05) is 17.7 Å². The number of aryl methyl sites for hydroxylation is 1. The summed E-state index contributed by atoms with van der Waals surface area (Å²) in [7, 11) is 4.36. The van der Waals surface area contributed by atoms with Crippen LogP contribution in [-0.4, -0.2) is 39.8 Å². The van der Waals surface area contributed by atoms with E-state index in [9.17, 15) is 9.59 Å². The maximum Gasteiger partial charge on any atom is 0.338 e. The van der Waals surface area contributed by atoms with E-state index in [0.29, 0.717) is 17.2 Å². The van der Waals surface area contributed by atoms with Crippen molar-refractivity contribution in [2.24, 2.45) is 0 Å². The molecule has 1 amide bonds. The average Bonchev–Trinajstić information content (AvgIpc) is 2.65. The highest BCUT2D eigenvalue weighted by atomic mass is 35.5. The van der Waals surface area contributed by atoms with Crippen LogP contribution in [0.15, 0.2) is 30.3 Å². The molecule has 0 aromatic heterocycles. The molecule has 27 heavy (non-hydrogen) atoms. The monoisotopic (exact) mass is 393 g/mol. The molecule has 144 valence electrons. The summed E-state index contributed by atoms with van der Waals surface area (Å²) >= 11 is 6.07. The number of nitrogens with one attached hydrogen (secondary N) is 1. The lowest BCUT2D eigenvalue weighted by Crippen LogP contribution is -2.21. The molecule has 8 heteroatoms. The van der Waals surface area contributed by atoms with Crippen molar-refractivity contribution in [3.63, 3.8) is 0 Å². The topological polar surface area (TPSA) is 83.1 Å². The molecule has 0 saturated carbocycles. The summed E-state index contributed by atoms with van der Waals surface area (Å²) in [5, 5.41) is 2.84. The lowest BCUT2D eigenvalue weighted by molar-refractivity contribution is -0.119. The smallest absolute Gasteiger partial charge is 0.338 e. The normalized spacial score (nSPS) is 10.1. The van der Waals surface area contributed by atoms with Gasteiger partial charge < -0.3 is 24.3 Å². The fraction of sp³-hybridized carbons (Fsp3) is 0.263. The van der Waals surface area contributed by atoms with Gasteiger partial charge in [-0.25, -0.2) is 4.79 Å². The van der Waals surface area contributed by atoms with Crippen LogP contribution in [0.4, 0.5) is 5.69 Å². The number of anilines is 1. The molecule has 2 aromatic carbocycles. The minimum Gasteiger partial charge on any atom is -0.495 e. The second kappa shape index (κ2) is 9.14. The van der Waals surface area contributed by atoms with E-state index >= 15 is 0 Å². The predicted octanol–water partition coefficient (Wildman–Crippen LogP) is 3.47. The summed E-state index contributed by atoms with van der Waals surface area (Å²) in [6, 6.07) is 8.16. The number of hydrogen-bond donors (Lipinski definition) is 1. The first-order valence-corrected chi connectivity index (χ1v) is 8.30. The first-order chi connectivity index (χ1) is 12.9. The van der Waals surface area contributed by atoms with Crippen molar-refractivity contribution in [1.82, 2.24) is 0 Å². The molecule has 0 fully saturated rings. The fourth-order valence-electron chi connectivity index (χ4n) is 2.36. The Bertz CT molecular complexity index is 852. The van der Waals surface area contributed by atoms with Crippen LogP contribution in [0.5, 0.6) is 17.2 Å². The summed E-state index contributed by atoms with van der Waals surface area (Å²) in [6.45, 7) is 1.41. The summed E-state index contributed by atoms with van der Waals surface area (Å²) < 4.78 is 20.5. The van der Waals surface area contributed by atoms with Gasteiger partial charge in [0, 0.05) is 0 Å². The summed E-state index contributed by atoms with van der Waals surface area (Å²) in [5.41, 5.74) is 1.58. The van der Waals surface area contributed by atoms with E-state index in [2.05, 4.69) is 5.32 Å². The molecule has 0 radical (unpaired) electrons. The van der Waals surface area contributed by atoms with Crippen molar-refractivity contribution in [1.29, 1.82) is 0 Å². The third kappa shape index (κ3) is 5.04. The number of carbonyl (C=O) groups is 2. The third-order valence-corrected chi connectivity index (χ3v) is 3.91. The molecule has 0 aliphatic heterocycles. The van der Waals surface area contributed by atoms with Crippen molar-refractivity contribution in [3.05, 3.63) is 46.5 Å². The van der Waals surface area contributed by atoms with Gasteiger partial charge in [-0.05, 0) is 36.8 Å². The largest absolute Gasteiger partial charge is 0.495 e. The number of benzene rings is 2. The van der Waals surface area contributed by atoms with Crippen molar-refractivity contribution < 1.29 is 28.5 Å². The van der Waals surface area contributed by atoms with E-state index in [1.54, 1.807) is 12.1 Å². The molecule has 2 aromatic rings. The van der Waals surface area contributed by atoms with E-state index in [-0.39, 0.29) is 16.3 Å². The number of amides is 1. The van der Waals surface area contributed by atoms with Crippen molar-refractivity contribution in [2.45, 2.75) is 6.92 Å². The van der Waals surface area contributed by atoms with E-state index in [1.807, 2.05) is 13.0 Å². The van der Waals surface area contributed by atoms with Gasteiger partial charge in [-0.3, -0.25) is 4.79 Å². The van der Waals surface area contributed by atoms with Crippen molar-refractivity contribution in [3.8, 4) is 17.2 Å². The Morgan fingerprint density at radius 3 is 2.33 bits per heavy atom. The molecule has 0 heterocycles. The van der Waals surface area contributed by atoms with Gasteiger partial charge in [0.2, 0.25) is 0 Å². The van der Waals surface area contributed by atoms with E-state index in [4.69, 9.17) is 30.5 Å². The Labute approximate surface area is 162 Å². The molecule has 0 saturated heterocycles. The molecule has 0 unspecified atom stereocenters. The maximum atomic E-state index is 12.2. The lowest BCUT2D eigenvalue weighted by atomic mass is 10.2. The van der Waals surface area contributed by atoms with Gasteiger partial charge in [-0.2, -0.15) is 0 Å². The molecular formula is C19H20ClNO6. The van der Waals surface area contributed by atoms with E-state index < -0.39 is 18.5 Å². The van der Waals surface area contributed by atoms with E-state index in [0.717, 1.165) is 5.56 Å². The van der Waals surface area contributed by atoms with Crippen LogP contribution in [0.25, 0.3) is 0 Å².